The van der Waals surface area contributed by atoms with Crippen LogP contribution < -0.4 is 16.6 Å². The van der Waals surface area contributed by atoms with Crippen molar-refractivity contribution in [1.29, 1.82) is 0 Å². The largest absolute Gasteiger partial charge is 0.392 e. The SMILES string of the molecule is C[C@@H](O)CNc1nc2c(c(=O)[nH]c(=O)n2C)n1Cc1ccccc1. The minimum absolute atomic E-state index is 0.282. The van der Waals surface area contributed by atoms with E-state index in [1.165, 1.54) is 4.57 Å². The highest BCUT2D eigenvalue weighted by molar-refractivity contribution is 5.74. The molecule has 126 valence electrons. The first-order valence-electron chi connectivity index (χ1n) is 7.62. The van der Waals surface area contributed by atoms with Crippen molar-refractivity contribution in [2.75, 3.05) is 11.9 Å². The number of imidazole rings is 1. The van der Waals surface area contributed by atoms with Crippen molar-refractivity contribution in [3.05, 3.63) is 56.7 Å². The van der Waals surface area contributed by atoms with Crippen molar-refractivity contribution in [1.82, 2.24) is 19.1 Å². The number of fused-ring (bicyclic) bond motifs is 1. The summed E-state index contributed by atoms with van der Waals surface area (Å²) >= 11 is 0. The predicted molar refractivity (Wildman–Crippen MR) is 91.3 cm³/mol. The lowest BCUT2D eigenvalue weighted by Crippen LogP contribution is -2.29. The van der Waals surface area contributed by atoms with E-state index >= 15 is 0 Å². The third-order valence-corrected chi connectivity index (χ3v) is 3.75. The van der Waals surface area contributed by atoms with Crippen LogP contribution in [-0.2, 0) is 13.6 Å². The van der Waals surface area contributed by atoms with E-state index in [2.05, 4.69) is 15.3 Å². The number of hydrogen-bond acceptors (Lipinski definition) is 5. The zero-order chi connectivity index (χ0) is 17.3. The number of benzene rings is 1. The van der Waals surface area contributed by atoms with E-state index in [-0.39, 0.29) is 6.54 Å². The maximum Gasteiger partial charge on any atom is 0.329 e. The average Bonchev–Trinajstić information content (AvgIpc) is 2.91. The van der Waals surface area contributed by atoms with Crippen molar-refractivity contribution in [3.63, 3.8) is 0 Å². The number of aliphatic hydroxyl groups is 1. The summed E-state index contributed by atoms with van der Waals surface area (Å²) in [5, 5.41) is 12.5. The molecular formula is C16H19N5O3. The molecule has 8 nitrogen and oxygen atoms in total. The summed E-state index contributed by atoms with van der Waals surface area (Å²) in [4.78, 5) is 30.8. The van der Waals surface area contributed by atoms with Crippen LogP contribution in [0.5, 0.6) is 0 Å². The van der Waals surface area contributed by atoms with Crippen molar-refractivity contribution in [3.8, 4) is 0 Å². The van der Waals surface area contributed by atoms with Crippen LogP contribution in [-0.4, -0.2) is 36.9 Å². The van der Waals surface area contributed by atoms with Gasteiger partial charge in [0, 0.05) is 13.6 Å². The van der Waals surface area contributed by atoms with Crippen LogP contribution in [0, 0.1) is 0 Å². The number of hydrogen-bond donors (Lipinski definition) is 3. The predicted octanol–water partition coefficient (Wildman–Crippen LogP) is 0.264. The molecule has 0 saturated heterocycles. The number of aliphatic hydroxyl groups excluding tert-OH is 1. The Kier molecular flexibility index (Phi) is 4.22. The quantitative estimate of drug-likeness (QED) is 0.623. The molecule has 8 heteroatoms. The van der Waals surface area contributed by atoms with Gasteiger partial charge in [-0.15, -0.1) is 0 Å². The highest BCUT2D eigenvalue weighted by Crippen LogP contribution is 2.17. The normalized spacial score (nSPS) is 12.5. The van der Waals surface area contributed by atoms with Gasteiger partial charge in [-0.3, -0.25) is 18.9 Å². The summed E-state index contributed by atoms with van der Waals surface area (Å²) in [5.41, 5.74) is 0.604. The molecule has 2 heterocycles. The third kappa shape index (κ3) is 2.95. The number of aromatic amines is 1. The van der Waals surface area contributed by atoms with Crippen LogP contribution in [0.25, 0.3) is 11.2 Å². The molecule has 1 atom stereocenters. The smallest absolute Gasteiger partial charge is 0.329 e. The lowest BCUT2D eigenvalue weighted by atomic mass is 10.2. The Labute approximate surface area is 137 Å². The van der Waals surface area contributed by atoms with Crippen molar-refractivity contribution in [2.45, 2.75) is 19.6 Å². The molecule has 0 aliphatic heterocycles. The standard InChI is InChI=1S/C16H19N5O3/c1-10(22)8-17-15-18-13-12(14(23)19-16(24)20(13)2)21(15)9-11-6-4-3-5-7-11/h3-7,10,22H,8-9H2,1-2H3,(H,17,18)(H,19,23,24)/t10-/m1/s1. The monoisotopic (exact) mass is 329 g/mol. The molecule has 0 amide bonds. The van der Waals surface area contributed by atoms with Gasteiger partial charge >= 0.3 is 5.69 Å². The summed E-state index contributed by atoms with van der Waals surface area (Å²) < 4.78 is 3.01. The zero-order valence-corrected chi connectivity index (χ0v) is 13.5. The second kappa shape index (κ2) is 6.32. The van der Waals surface area contributed by atoms with E-state index in [4.69, 9.17) is 0 Å². The molecule has 1 aromatic carbocycles. The van der Waals surface area contributed by atoms with Gasteiger partial charge in [0.1, 0.15) is 0 Å². The maximum atomic E-state index is 12.3. The topological polar surface area (TPSA) is 105 Å². The Balaban J connectivity index is 2.19. The molecule has 0 aliphatic carbocycles. The number of H-pyrrole nitrogens is 1. The van der Waals surface area contributed by atoms with E-state index in [0.717, 1.165) is 5.56 Å². The maximum absolute atomic E-state index is 12.3. The van der Waals surface area contributed by atoms with Crippen LogP contribution in [0.1, 0.15) is 12.5 Å². The van der Waals surface area contributed by atoms with E-state index in [9.17, 15) is 14.7 Å². The Bertz CT molecular complexity index is 969. The van der Waals surface area contributed by atoms with Gasteiger partial charge in [0.05, 0.1) is 12.6 Å². The second-order valence-corrected chi connectivity index (χ2v) is 5.73. The highest BCUT2D eigenvalue weighted by atomic mass is 16.3. The van der Waals surface area contributed by atoms with Crippen LogP contribution in [0.2, 0.25) is 0 Å². The van der Waals surface area contributed by atoms with Crippen molar-refractivity contribution >= 4 is 17.1 Å². The van der Waals surface area contributed by atoms with E-state index in [1.54, 1.807) is 18.5 Å². The van der Waals surface area contributed by atoms with Crippen LogP contribution in [0.15, 0.2) is 39.9 Å². The minimum atomic E-state index is -0.572. The van der Waals surface area contributed by atoms with Crippen LogP contribution >= 0.6 is 0 Å². The molecule has 0 bridgehead atoms. The Morgan fingerprint density at radius 3 is 2.67 bits per heavy atom. The van der Waals surface area contributed by atoms with Gasteiger partial charge in [-0.25, -0.2) is 4.79 Å². The Hall–Kier alpha value is -2.87. The Morgan fingerprint density at radius 2 is 2.00 bits per heavy atom. The molecular weight excluding hydrogens is 310 g/mol. The molecule has 0 aliphatic rings. The van der Waals surface area contributed by atoms with Crippen molar-refractivity contribution < 1.29 is 5.11 Å². The minimum Gasteiger partial charge on any atom is -0.392 e. The summed E-state index contributed by atoms with van der Waals surface area (Å²) in [6.07, 6.45) is -0.572. The number of aromatic nitrogens is 4. The summed E-state index contributed by atoms with van der Waals surface area (Å²) in [5.74, 6) is 0.432. The summed E-state index contributed by atoms with van der Waals surface area (Å²) in [6.45, 7) is 2.35. The molecule has 3 aromatic rings. The third-order valence-electron chi connectivity index (χ3n) is 3.75. The number of rotatable bonds is 5. The molecule has 24 heavy (non-hydrogen) atoms. The first-order valence-corrected chi connectivity index (χ1v) is 7.62. The van der Waals surface area contributed by atoms with Gasteiger partial charge in [-0.1, -0.05) is 30.3 Å². The number of nitrogens with one attached hydrogen (secondary N) is 2. The lowest BCUT2D eigenvalue weighted by Gasteiger charge is -2.11. The summed E-state index contributed by atoms with van der Waals surface area (Å²) in [6, 6.07) is 9.63. The lowest BCUT2D eigenvalue weighted by molar-refractivity contribution is 0.208. The molecule has 0 radical (unpaired) electrons. The van der Waals surface area contributed by atoms with E-state index < -0.39 is 17.4 Å². The zero-order valence-electron chi connectivity index (χ0n) is 13.5. The van der Waals surface area contributed by atoms with Crippen LogP contribution in [0.4, 0.5) is 5.95 Å². The molecule has 3 rings (SSSR count). The molecule has 2 aromatic heterocycles. The summed E-state index contributed by atoms with van der Waals surface area (Å²) in [7, 11) is 1.55. The molecule has 0 fully saturated rings. The fraction of sp³-hybridized carbons (Fsp3) is 0.312. The second-order valence-electron chi connectivity index (χ2n) is 5.73. The van der Waals surface area contributed by atoms with E-state index in [0.29, 0.717) is 23.7 Å². The Morgan fingerprint density at radius 1 is 1.29 bits per heavy atom. The first-order chi connectivity index (χ1) is 11.5. The fourth-order valence-electron chi connectivity index (χ4n) is 2.53. The van der Waals surface area contributed by atoms with Crippen LogP contribution in [0.3, 0.4) is 0 Å². The number of anilines is 1. The fourth-order valence-corrected chi connectivity index (χ4v) is 2.53. The van der Waals surface area contributed by atoms with Gasteiger partial charge < -0.3 is 10.4 Å². The molecule has 0 spiro atoms. The number of nitrogens with zero attached hydrogens (tertiary/aromatic N) is 3. The molecule has 0 saturated carbocycles. The first kappa shape index (κ1) is 16.0. The van der Waals surface area contributed by atoms with E-state index in [1.807, 2.05) is 30.3 Å². The van der Waals surface area contributed by atoms with Gasteiger partial charge in [-0.2, -0.15) is 4.98 Å². The average molecular weight is 329 g/mol. The van der Waals surface area contributed by atoms with Gasteiger partial charge in [0.2, 0.25) is 5.95 Å². The molecule has 0 unspecified atom stereocenters. The number of aryl methyl sites for hydroxylation is 1. The molecule has 3 N–H and O–H groups in total. The highest BCUT2D eigenvalue weighted by Gasteiger charge is 2.17. The van der Waals surface area contributed by atoms with Gasteiger partial charge in [0.25, 0.3) is 5.56 Å². The van der Waals surface area contributed by atoms with Gasteiger partial charge in [-0.05, 0) is 12.5 Å². The van der Waals surface area contributed by atoms with Gasteiger partial charge in [0.15, 0.2) is 11.2 Å². The van der Waals surface area contributed by atoms with Crippen molar-refractivity contribution in [2.24, 2.45) is 7.05 Å².